The third-order valence-corrected chi connectivity index (χ3v) is 7.25. The summed E-state index contributed by atoms with van der Waals surface area (Å²) in [5.41, 5.74) is 1.71. The predicted molar refractivity (Wildman–Crippen MR) is 124 cm³/mol. The van der Waals surface area contributed by atoms with E-state index in [-0.39, 0.29) is 28.9 Å². The van der Waals surface area contributed by atoms with Gasteiger partial charge in [-0.2, -0.15) is 0 Å². The maximum atomic E-state index is 12.6. The van der Waals surface area contributed by atoms with Crippen LogP contribution in [0.5, 0.6) is 0 Å². The molecule has 0 aliphatic carbocycles. The number of rotatable bonds is 5. The van der Waals surface area contributed by atoms with Crippen LogP contribution in [0.3, 0.4) is 0 Å². The first-order valence-electron chi connectivity index (χ1n) is 10.8. The Morgan fingerprint density at radius 1 is 0.935 bits per heavy atom. The molecule has 2 aliphatic heterocycles. The second kappa shape index (κ2) is 10.0. The van der Waals surface area contributed by atoms with Crippen molar-refractivity contribution >= 4 is 35.0 Å². The maximum absolute atomic E-state index is 12.6. The summed E-state index contributed by atoms with van der Waals surface area (Å²) in [6, 6.07) is 16.0. The molecule has 4 rings (SSSR count). The van der Waals surface area contributed by atoms with Gasteiger partial charge in [0.1, 0.15) is 0 Å². The molecule has 31 heavy (non-hydrogen) atoms. The monoisotopic (exact) mass is 459 g/mol. The van der Waals surface area contributed by atoms with E-state index in [1.54, 1.807) is 18.2 Å². The number of carbonyl (C=O) groups is 2. The number of nitrogens with zero attached hydrogens (tertiary/aromatic N) is 2. The first-order chi connectivity index (χ1) is 15.0. The van der Waals surface area contributed by atoms with Gasteiger partial charge in [-0.05, 0) is 56.0 Å². The lowest BCUT2D eigenvalue weighted by molar-refractivity contribution is -0.129. The molecule has 1 unspecified atom stereocenters. The fourth-order valence-corrected chi connectivity index (χ4v) is 5.02. The highest BCUT2D eigenvalue weighted by Gasteiger charge is 2.32. The molecule has 5 nitrogen and oxygen atoms in total. The van der Waals surface area contributed by atoms with E-state index in [1.807, 2.05) is 4.90 Å². The minimum Gasteiger partial charge on any atom is -0.343 e. The van der Waals surface area contributed by atoms with Crippen LogP contribution in [-0.4, -0.2) is 60.4 Å². The minimum atomic E-state index is -0.389. The van der Waals surface area contributed by atoms with Gasteiger partial charge >= 0.3 is 0 Å². The Hall–Kier alpha value is -2.08. The fraction of sp³-hybridized carbons (Fsp3) is 0.417. The summed E-state index contributed by atoms with van der Waals surface area (Å²) in [6.45, 7) is 3.55. The second-order valence-electron chi connectivity index (χ2n) is 8.29. The van der Waals surface area contributed by atoms with Gasteiger partial charge < -0.3 is 10.2 Å². The molecule has 2 aromatic rings. The first kappa shape index (κ1) is 22.1. The van der Waals surface area contributed by atoms with Crippen molar-refractivity contribution in [2.75, 3.05) is 32.7 Å². The molecule has 2 fully saturated rings. The topological polar surface area (TPSA) is 52.7 Å². The number of carbonyl (C=O) groups excluding carboxylic acids is 2. The molecule has 2 saturated heterocycles. The molecule has 0 saturated carbocycles. The molecular weight excluding hydrogens is 433 g/mol. The molecule has 2 aromatic carbocycles. The number of amides is 2. The zero-order valence-corrected chi connectivity index (χ0v) is 18.9. The van der Waals surface area contributed by atoms with E-state index in [2.05, 4.69) is 40.5 Å². The summed E-state index contributed by atoms with van der Waals surface area (Å²) >= 11 is 12.1. The van der Waals surface area contributed by atoms with E-state index >= 15 is 0 Å². The number of likely N-dealkylation sites (tertiary alicyclic amines) is 2. The number of benzene rings is 2. The molecule has 0 radical (unpaired) electrons. The summed E-state index contributed by atoms with van der Waals surface area (Å²) in [4.78, 5) is 29.4. The lowest BCUT2D eigenvalue weighted by Crippen LogP contribution is -2.44. The van der Waals surface area contributed by atoms with E-state index in [9.17, 15) is 9.59 Å². The Morgan fingerprint density at radius 3 is 2.42 bits per heavy atom. The van der Waals surface area contributed by atoms with Crippen molar-refractivity contribution in [3.63, 3.8) is 0 Å². The number of hydrogen-bond acceptors (Lipinski definition) is 3. The molecule has 0 spiro atoms. The normalized spacial score (nSPS) is 20.1. The summed E-state index contributed by atoms with van der Waals surface area (Å²) in [7, 11) is 0. The Balaban J connectivity index is 1.24. The number of nitrogens with one attached hydrogen (secondary N) is 1. The van der Waals surface area contributed by atoms with E-state index < -0.39 is 0 Å². The van der Waals surface area contributed by atoms with Crippen LogP contribution in [0.4, 0.5) is 0 Å². The van der Waals surface area contributed by atoms with Gasteiger partial charge in [0.15, 0.2) is 0 Å². The summed E-state index contributed by atoms with van der Waals surface area (Å²) in [5, 5.41) is 3.20. The number of hydrogen-bond donors (Lipinski definition) is 1. The average Bonchev–Trinajstić information content (AvgIpc) is 3.30. The van der Waals surface area contributed by atoms with Crippen LogP contribution in [0, 0.1) is 0 Å². The van der Waals surface area contributed by atoms with Gasteiger partial charge in [-0.25, -0.2) is 0 Å². The highest BCUT2D eigenvalue weighted by Crippen LogP contribution is 2.30. The van der Waals surface area contributed by atoms with Gasteiger partial charge in [0, 0.05) is 19.1 Å². The molecule has 2 heterocycles. The smallest absolute Gasteiger partial charge is 0.253 e. The van der Waals surface area contributed by atoms with Crippen molar-refractivity contribution in [1.29, 1.82) is 0 Å². The highest BCUT2D eigenvalue weighted by atomic mass is 35.5. The van der Waals surface area contributed by atoms with Gasteiger partial charge in [-0.1, -0.05) is 59.6 Å². The van der Waals surface area contributed by atoms with Crippen molar-refractivity contribution < 1.29 is 9.59 Å². The molecule has 1 atom stereocenters. The van der Waals surface area contributed by atoms with E-state index in [0.29, 0.717) is 17.0 Å². The zero-order chi connectivity index (χ0) is 21.8. The van der Waals surface area contributed by atoms with Crippen LogP contribution >= 0.6 is 23.2 Å². The van der Waals surface area contributed by atoms with Gasteiger partial charge in [-0.3, -0.25) is 14.5 Å². The highest BCUT2D eigenvalue weighted by molar-refractivity contribution is 6.43. The Bertz CT molecular complexity index is 930. The Kier molecular flexibility index (Phi) is 7.16. The van der Waals surface area contributed by atoms with Crippen LogP contribution < -0.4 is 5.32 Å². The summed E-state index contributed by atoms with van der Waals surface area (Å²) < 4.78 is 0. The predicted octanol–water partition coefficient (Wildman–Crippen LogP) is 4.20. The SMILES string of the molecule is O=C(NCC(=O)N1CCC(N2CCC(c3ccccc3)CC2)C1)c1cccc(Cl)c1Cl. The maximum Gasteiger partial charge on any atom is 0.253 e. The van der Waals surface area contributed by atoms with Gasteiger partial charge in [-0.15, -0.1) is 0 Å². The van der Waals surface area contributed by atoms with Crippen molar-refractivity contribution in [3.8, 4) is 0 Å². The number of piperidine rings is 1. The molecule has 0 bridgehead atoms. The Labute approximate surface area is 193 Å². The van der Waals surface area contributed by atoms with E-state index in [0.717, 1.165) is 45.4 Å². The largest absolute Gasteiger partial charge is 0.343 e. The van der Waals surface area contributed by atoms with Gasteiger partial charge in [0.05, 0.1) is 22.2 Å². The first-order valence-corrected chi connectivity index (χ1v) is 11.6. The molecule has 164 valence electrons. The fourth-order valence-electron chi connectivity index (χ4n) is 4.63. The van der Waals surface area contributed by atoms with Gasteiger partial charge in [0.25, 0.3) is 5.91 Å². The minimum absolute atomic E-state index is 0.0372. The van der Waals surface area contributed by atoms with Crippen molar-refractivity contribution in [3.05, 3.63) is 69.7 Å². The standard InChI is InChI=1S/C24H27Cl2N3O2/c25-21-8-4-7-20(23(21)26)24(31)27-15-22(30)29-14-11-19(16-29)28-12-9-18(10-13-28)17-5-2-1-3-6-17/h1-8,18-19H,9-16H2,(H,27,31). The second-order valence-corrected chi connectivity index (χ2v) is 9.07. The lowest BCUT2D eigenvalue weighted by Gasteiger charge is -2.36. The van der Waals surface area contributed by atoms with Crippen LogP contribution in [0.1, 0.15) is 41.1 Å². The molecule has 2 aliphatic rings. The van der Waals surface area contributed by atoms with E-state index in [4.69, 9.17) is 23.2 Å². The molecular formula is C24H27Cl2N3O2. The number of halogens is 2. The van der Waals surface area contributed by atoms with Crippen LogP contribution in [-0.2, 0) is 4.79 Å². The molecule has 1 N–H and O–H groups in total. The van der Waals surface area contributed by atoms with Crippen molar-refractivity contribution in [2.24, 2.45) is 0 Å². The zero-order valence-electron chi connectivity index (χ0n) is 17.4. The summed E-state index contributed by atoms with van der Waals surface area (Å²) in [6.07, 6.45) is 3.30. The van der Waals surface area contributed by atoms with Crippen molar-refractivity contribution in [2.45, 2.75) is 31.2 Å². The third kappa shape index (κ3) is 5.22. The lowest BCUT2D eigenvalue weighted by atomic mass is 9.89. The third-order valence-electron chi connectivity index (χ3n) is 6.43. The average molecular weight is 460 g/mol. The summed E-state index contributed by atoms with van der Waals surface area (Å²) in [5.74, 6) is 0.179. The van der Waals surface area contributed by atoms with Crippen molar-refractivity contribution in [1.82, 2.24) is 15.1 Å². The molecule has 0 aromatic heterocycles. The van der Waals surface area contributed by atoms with Crippen LogP contribution in [0.25, 0.3) is 0 Å². The molecule has 7 heteroatoms. The molecule has 2 amide bonds. The quantitative estimate of drug-likeness (QED) is 0.728. The van der Waals surface area contributed by atoms with Crippen LogP contribution in [0.2, 0.25) is 10.0 Å². The van der Waals surface area contributed by atoms with Crippen LogP contribution in [0.15, 0.2) is 48.5 Å². The van der Waals surface area contributed by atoms with E-state index in [1.165, 1.54) is 5.56 Å². The Morgan fingerprint density at radius 2 is 1.68 bits per heavy atom. The van der Waals surface area contributed by atoms with Gasteiger partial charge in [0.2, 0.25) is 5.91 Å².